The summed E-state index contributed by atoms with van der Waals surface area (Å²) in [6.45, 7) is 3.89. The highest BCUT2D eigenvalue weighted by atomic mass is 16.6. The Morgan fingerprint density at radius 2 is 1.65 bits per heavy atom. The zero-order valence-electron chi connectivity index (χ0n) is 9.81. The smallest absolute Gasteiger partial charge is 0.258 e. The van der Waals surface area contributed by atoms with Crippen molar-refractivity contribution < 1.29 is 4.92 Å². The summed E-state index contributed by atoms with van der Waals surface area (Å²) in [7, 11) is 0. The Morgan fingerprint density at radius 3 is 2.24 bits per heavy atom. The fraction of sp³-hybridized carbons (Fsp3) is 0.143. The lowest BCUT2D eigenvalue weighted by atomic mass is 9.98. The largest absolute Gasteiger partial charge is 0.277 e. The summed E-state index contributed by atoms with van der Waals surface area (Å²) in [6, 6.07) is 12.9. The third-order valence-electron chi connectivity index (χ3n) is 2.79. The Morgan fingerprint density at radius 1 is 1.00 bits per heavy atom. The van der Waals surface area contributed by atoms with Crippen molar-refractivity contribution >= 4 is 5.69 Å². The average Bonchev–Trinajstić information content (AvgIpc) is 2.30. The van der Waals surface area contributed by atoms with Gasteiger partial charge in [-0.05, 0) is 25.0 Å². The lowest BCUT2D eigenvalue weighted by molar-refractivity contribution is -0.384. The quantitative estimate of drug-likeness (QED) is 0.577. The van der Waals surface area contributed by atoms with E-state index >= 15 is 0 Å². The minimum absolute atomic E-state index is 0.161. The van der Waals surface area contributed by atoms with E-state index in [4.69, 9.17) is 0 Å². The molecule has 3 nitrogen and oxygen atoms in total. The number of nitro groups is 1. The van der Waals surface area contributed by atoms with Crippen molar-refractivity contribution in [2.24, 2.45) is 0 Å². The second-order valence-corrected chi connectivity index (χ2v) is 4.09. The summed E-state index contributed by atoms with van der Waals surface area (Å²) in [5.41, 5.74) is 3.82. The molecule has 0 aliphatic heterocycles. The molecule has 0 amide bonds. The minimum atomic E-state index is -0.331. The van der Waals surface area contributed by atoms with Crippen LogP contribution in [0.5, 0.6) is 0 Å². The predicted octanol–water partition coefficient (Wildman–Crippen LogP) is 3.88. The zero-order chi connectivity index (χ0) is 12.4. The molecule has 17 heavy (non-hydrogen) atoms. The number of nitrogens with zero attached hydrogens (tertiary/aromatic N) is 1. The third kappa shape index (κ3) is 2.18. The van der Waals surface area contributed by atoms with Gasteiger partial charge >= 0.3 is 0 Å². The van der Waals surface area contributed by atoms with Crippen LogP contribution in [0, 0.1) is 24.0 Å². The number of nitro benzene ring substituents is 1. The summed E-state index contributed by atoms with van der Waals surface area (Å²) in [5.74, 6) is 0. The van der Waals surface area contributed by atoms with Crippen LogP contribution in [0.2, 0.25) is 0 Å². The van der Waals surface area contributed by atoms with Gasteiger partial charge in [-0.1, -0.05) is 42.0 Å². The van der Waals surface area contributed by atoms with Crippen LogP contribution in [0.3, 0.4) is 0 Å². The molecular weight excluding hydrogens is 214 g/mol. The SMILES string of the molecule is Cc1ccc(-c2c(C)cccc2[N+](=O)[O-])cc1. The van der Waals surface area contributed by atoms with Crippen LogP contribution in [-0.4, -0.2) is 4.92 Å². The highest BCUT2D eigenvalue weighted by molar-refractivity contribution is 5.76. The molecule has 0 aliphatic carbocycles. The number of rotatable bonds is 2. The summed E-state index contributed by atoms with van der Waals surface area (Å²) in [6.07, 6.45) is 0. The zero-order valence-corrected chi connectivity index (χ0v) is 9.81. The van der Waals surface area contributed by atoms with Crippen molar-refractivity contribution in [3.63, 3.8) is 0 Å². The maximum absolute atomic E-state index is 11.0. The summed E-state index contributed by atoms with van der Waals surface area (Å²) >= 11 is 0. The van der Waals surface area contributed by atoms with Crippen LogP contribution in [0.4, 0.5) is 5.69 Å². The molecule has 0 fully saturated rings. The van der Waals surface area contributed by atoms with E-state index in [2.05, 4.69) is 0 Å². The predicted molar refractivity (Wildman–Crippen MR) is 68.0 cm³/mol. The van der Waals surface area contributed by atoms with Gasteiger partial charge in [-0.2, -0.15) is 0 Å². The Labute approximate surface area is 99.9 Å². The van der Waals surface area contributed by atoms with Crippen LogP contribution >= 0.6 is 0 Å². The molecule has 0 unspecified atom stereocenters. The summed E-state index contributed by atoms with van der Waals surface area (Å²) < 4.78 is 0. The van der Waals surface area contributed by atoms with Gasteiger partial charge in [-0.15, -0.1) is 0 Å². The number of aryl methyl sites for hydroxylation is 2. The van der Waals surface area contributed by atoms with Gasteiger partial charge in [0.05, 0.1) is 10.5 Å². The minimum Gasteiger partial charge on any atom is -0.258 e. The van der Waals surface area contributed by atoms with Gasteiger partial charge in [-0.25, -0.2) is 0 Å². The topological polar surface area (TPSA) is 43.1 Å². The van der Waals surface area contributed by atoms with Gasteiger partial charge in [0.25, 0.3) is 5.69 Å². The fourth-order valence-electron chi connectivity index (χ4n) is 1.90. The van der Waals surface area contributed by atoms with E-state index in [0.717, 1.165) is 16.7 Å². The van der Waals surface area contributed by atoms with E-state index in [9.17, 15) is 10.1 Å². The molecular formula is C14H13NO2. The van der Waals surface area contributed by atoms with E-state index in [1.54, 1.807) is 12.1 Å². The van der Waals surface area contributed by atoms with Crippen LogP contribution < -0.4 is 0 Å². The van der Waals surface area contributed by atoms with Crippen LogP contribution in [0.15, 0.2) is 42.5 Å². The molecule has 0 bridgehead atoms. The van der Waals surface area contributed by atoms with Crippen molar-refractivity contribution in [3.05, 3.63) is 63.7 Å². The number of hydrogen-bond acceptors (Lipinski definition) is 2. The number of benzene rings is 2. The van der Waals surface area contributed by atoms with E-state index in [0.29, 0.717) is 5.56 Å². The molecule has 0 saturated heterocycles. The fourth-order valence-corrected chi connectivity index (χ4v) is 1.90. The number of hydrogen-bond donors (Lipinski definition) is 0. The average molecular weight is 227 g/mol. The Hall–Kier alpha value is -2.16. The Balaban J connectivity index is 2.65. The van der Waals surface area contributed by atoms with E-state index in [1.807, 2.05) is 44.2 Å². The second-order valence-electron chi connectivity index (χ2n) is 4.09. The molecule has 2 aromatic carbocycles. The highest BCUT2D eigenvalue weighted by Gasteiger charge is 2.16. The molecule has 0 N–H and O–H groups in total. The van der Waals surface area contributed by atoms with Crippen molar-refractivity contribution in [1.82, 2.24) is 0 Å². The van der Waals surface area contributed by atoms with Gasteiger partial charge in [0.1, 0.15) is 0 Å². The van der Waals surface area contributed by atoms with Crippen molar-refractivity contribution in [2.75, 3.05) is 0 Å². The van der Waals surface area contributed by atoms with Crippen molar-refractivity contribution in [3.8, 4) is 11.1 Å². The first-order valence-electron chi connectivity index (χ1n) is 5.40. The second kappa shape index (κ2) is 4.37. The van der Waals surface area contributed by atoms with E-state index in [1.165, 1.54) is 0 Å². The molecule has 0 saturated carbocycles. The Bertz CT molecular complexity index is 559. The van der Waals surface area contributed by atoms with Crippen LogP contribution in [0.25, 0.3) is 11.1 Å². The van der Waals surface area contributed by atoms with Crippen LogP contribution in [0.1, 0.15) is 11.1 Å². The molecule has 2 aromatic rings. The normalized spacial score (nSPS) is 10.2. The lowest BCUT2D eigenvalue weighted by Gasteiger charge is -2.07. The van der Waals surface area contributed by atoms with Gasteiger partial charge in [0.15, 0.2) is 0 Å². The molecule has 0 radical (unpaired) electrons. The third-order valence-corrected chi connectivity index (χ3v) is 2.79. The van der Waals surface area contributed by atoms with E-state index in [-0.39, 0.29) is 10.6 Å². The maximum Gasteiger partial charge on any atom is 0.277 e. The molecule has 3 heteroatoms. The van der Waals surface area contributed by atoms with E-state index < -0.39 is 0 Å². The van der Waals surface area contributed by atoms with Gasteiger partial charge in [0, 0.05) is 6.07 Å². The maximum atomic E-state index is 11.0. The summed E-state index contributed by atoms with van der Waals surface area (Å²) in [4.78, 5) is 10.7. The molecule has 0 heterocycles. The molecule has 0 atom stereocenters. The summed E-state index contributed by atoms with van der Waals surface area (Å²) in [5, 5.41) is 11.0. The first-order chi connectivity index (χ1) is 8.09. The van der Waals surface area contributed by atoms with Crippen LogP contribution in [-0.2, 0) is 0 Å². The van der Waals surface area contributed by atoms with Crippen molar-refractivity contribution in [1.29, 1.82) is 0 Å². The van der Waals surface area contributed by atoms with Gasteiger partial charge < -0.3 is 0 Å². The Kier molecular flexibility index (Phi) is 2.91. The van der Waals surface area contributed by atoms with Gasteiger partial charge in [0.2, 0.25) is 0 Å². The molecule has 86 valence electrons. The molecule has 0 aliphatic rings. The standard InChI is InChI=1S/C14H13NO2/c1-10-6-8-12(9-7-10)14-11(2)4-3-5-13(14)15(16)17/h3-9H,1-2H3. The monoisotopic (exact) mass is 227 g/mol. The molecule has 2 rings (SSSR count). The first kappa shape index (κ1) is 11.3. The molecule has 0 aromatic heterocycles. The lowest BCUT2D eigenvalue weighted by Crippen LogP contribution is -1.94. The first-order valence-corrected chi connectivity index (χ1v) is 5.40. The van der Waals surface area contributed by atoms with Gasteiger partial charge in [-0.3, -0.25) is 10.1 Å². The highest BCUT2D eigenvalue weighted by Crippen LogP contribution is 2.32. The van der Waals surface area contributed by atoms with Crippen molar-refractivity contribution in [2.45, 2.75) is 13.8 Å². The molecule has 0 spiro atoms.